The molecule has 2 heterocycles. The van der Waals surface area contributed by atoms with Crippen LogP contribution in [0.5, 0.6) is 11.6 Å². The van der Waals surface area contributed by atoms with Crippen LogP contribution in [0.2, 0.25) is 10.0 Å². The van der Waals surface area contributed by atoms with E-state index in [4.69, 9.17) is 32.7 Å². The second-order valence-electron chi connectivity index (χ2n) is 5.22. The van der Waals surface area contributed by atoms with Gasteiger partial charge in [0.1, 0.15) is 11.9 Å². The highest BCUT2D eigenvalue weighted by Crippen LogP contribution is 2.33. The molecule has 1 amide bonds. The lowest BCUT2D eigenvalue weighted by atomic mass is 10.2. The van der Waals surface area contributed by atoms with Crippen LogP contribution in [-0.4, -0.2) is 35.3 Å². The van der Waals surface area contributed by atoms with Gasteiger partial charge in [0, 0.05) is 30.3 Å². The fourth-order valence-corrected chi connectivity index (χ4v) is 2.54. The van der Waals surface area contributed by atoms with Crippen LogP contribution in [0, 0.1) is 0 Å². The number of nitrogens with zero attached hydrogens (tertiary/aromatic N) is 1. The fraction of sp³-hybridized carbons (Fsp3) is 0.250. The molecular weight excluding hydrogens is 355 g/mol. The number of phenols is 1. The zero-order valence-corrected chi connectivity index (χ0v) is 14.0. The van der Waals surface area contributed by atoms with E-state index in [0.717, 1.165) is 6.42 Å². The molecule has 0 bridgehead atoms. The summed E-state index contributed by atoms with van der Waals surface area (Å²) in [7, 11) is 0. The summed E-state index contributed by atoms with van der Waals surface area (Å²) in [6.45, 7) is 1.16. The molecule has 1 aliphatic heterocycles. The molecule has 3 rings (SSSR count). The SMILES string of the molecule is O=C(Nc1cc(Cl)c(Cl)cc1O)c1ccnc(O[C@H]2CCOC2)c1. The number of ether oxygens (including phenoxy) is 2. The summed E-state index contributed by atoms with van der Waals surface area (Å²) in [5, 5.41) is 12.8. The van der Waals surface area contributed by atoms with Crippen LogP contribution in [0.1, 0.15) is 16.8 Å². The van der Waals surface area contributed by atoms with E-state index >= 15 is 0 Å². The Morgan fingerprint density at radius 1 is 1.33 bits per heavy atom. The highest BCUT2D eigenvalue weighted by atomic mass is 35.5. The highest BCUT2D eigenvalue weighted by molar-refractivity contribution is 6.42. The Morgan fingerprint density at radius 2 is 2.12 bits per heavy atom. The average molecular weight is 369 g/mol. The number of benzene rings is 1. The number of amides is 1. The lowest BCUT2D eigenvalue weighted by Crippen LogP contribution is -2.17. The maximum atomic E-state index is 12.3. The van der Waals surface area contributed by atoms with Crippen molar-refractivity contribution in [3.63, 3.8) is 0 Å². The molecule has 1 atom stereocenters. The largest absolute Gasteiger partial charge is 0.506 e. The predicted molar refractivity (Wildman–Crippen MR) is 90.2 cm³/mol. The molecule has 2 aromatic rings. The fourth-order valence-electron chi connectivity index (χ4n) is 2.22. The summed E-state index contributed by atoms with van der Waals surface area (Å²) in [6, 6.07) is 5.72. The van der Waals surface area contributed by atoms with E-state index in [0.29, 0.717) is 24.7 Å². The second kappa shape index (κ2) is 7.25. The van der Waals surface area contributed by atoms with Gasteiger partial charge in [-0.25, -0.2) is 4.98 Å². The summed E-state index contributed by atoms with van der Waals surface area (Å²) in [5.74, 6) is -0.262. The number of anilines is 1. The third-order valence-corrected chi connectivity index (χ3v) is 4.18. The van der Waals surface area contributed by atoms with Gasteiger partial charge in [0.05, 0.1) is 28.9 Å². The van der Waals surface area contributed by atoms with Gasteiger partial charge >= 0.3 is 0 Å². The van der Waals surface area contributed by atoms with Crippen LogP contribution in [0.25, 0.3) is 0 Å². The van der Waals surface area contributed by atoms with E-state index in [9.17, 15) is 9.90 Å². The molecule has 0 spiro atoms. The summed E-state index contributed by atoms with van der Waals surface area (Å²) in [4.78, 5) is 16.4. The van der Waals surface area contributed by atoms with E-state index in [1.54, 1.807) is 6.07 Å². The van der Waals surface area contributed by atoms with Gasteiger partial charge in [-0.3, -0.25) is 4.79 Å². The van der Waals surface area contributed by atoms with Gasteiger partial charge in [0.25, 0.3) is 5.91 Å². The molecule has 8 heteroatoms. The normalized spacial score (nSPS) is 16.8. The van der Waals surface area contributed by atoms with E-state index in [1.165, 1.54) is 24.4 Å². The number of phenolic OH excluding ortho intramolecular Hbond substituents is 1. The molecule has 1 fully saturated rings. The lowest BCUT2D eigenvalue weighted by molar-refractivity contribution is 0.102. The van der Waals surface area contributed by atoms with Gasteiger partial charge in [-0.1, -0.05) is 23.2 Å². The summed E-state index contributed by atoms with van der Waals surface area (Å²) in [6.07, 6.45) is 2.21. The maximum Gasteiger partial charge on any atom is 0.256 e. The number of halogens is 2. The molecule has 2 N–H and O–H groups in total. The molecule has 1 aliphatic rings. The highest BCUT2D eigenvalue weighted by Gasteiger charge is 2.19. The standard InChI is InChI=1S/C16H14Cl2N2O4/c17-11-6-13(14(21)7-12(11)18)20-16(22)9-1-3-19-15(5-9)24-10-2-4-23-8-10/h1,3,5-7,10,21H,2,4,8H2,(H,20,22)/t10-/m0/s1. The van der Waals surface area contributed by atoms with E-state index < -0.39 is 5.91 Å². The van der Waals surface area contributed by atoms with Crippen molar-refractivity contribution >= 4 is 34.8 Å². The topological polar surface area (TPSA) is 80.7 Å². The number of carbonyl (C=O) groups excluding carboxylic acids is 1. The quantitative estimate of drug-likeness (QED) is 0.807. The molecule has 24 heavy (non-hydrogen) atoms. The summed E-state index contributed by atoms with van der Waals surface area (Å²) in [5.41, 5.74) is 0.502. The van der Waals surface area contributed by atoms with Crippen LogP contribution in [0.3, 0.4) is 0 Å². The third kappa shape index (κ3) is 3.90. The molecule has 126 valence electrons. The molecule has 1 aromatic heterocycles. The molecule has 0 saturated carbocycles. The number of carbonyl (C=O) groups is 1. The van der Waals surface area contributed by atoms with Gasteiger partial charge < -0.3 is 19.9 Å². The molecule has 0 radical (unpaired) electrons. The summed E-state index contributed by atoms with van der Waals surface area (Å²) < 4.78 is 10.9. The molecular formula is C16H14Cl2N2O4. The lowest BCUT2D eigenvalue weighted by Gasteiger charge is -2.12. The Morgan fingerprint density at radius 3 is 2.88 bits per heavy atom. The second-order valence-corrected chi connectivity index (χ2v) is 6.04. The Balaban J connectivity index is 1.74. The smallest absolute Gasteiger partial charge is 0.256 e. The maximum absolute atomic E-state index is 12.3. The number of aromatic hydroxyl groups is 1. The van der Waals surface area contributed by atoms with Crippen molar-refractivity contribution in [1.82, 2.24) is 4.98 Å². The molecule has 6 nitrogen and oxygen atoms in total. The Bertz CT molecular complexity index is 764. The first kappa shape index (κ1) is 16.8. The first-order chi connectivity index (χ1) is 11.5. The van der Waals surface area contributed by atoms with Gasteiger partial charge in [0.2, 0.25) is 5.88 Å². The van der Waals surface area contributed by atoms with Crippen molar-refractivity contribution in [2.45, 2.75) is 12.5 Å². The van der Waals surface area contributed by atoms with Crippen LogP contribution < -0.4 is 10.1 Å². The van der Waals surface area contributed by atoms with Crippen LogP contribution >= 0.6 is 23.2 Å². The third-order valence-electron chi connectivity index (χ3n) is 3.46. The Kier molecular flexibility index (Phi) is 5.08. The van der Waals surface area contributed by atoms with Gasteiger partial charge in [-0.15, -0.1) is 0 Å². The number of nitrogens with one attached hydrogen (secondary N) is 1. The first-order valence-corrected chi connectivity index (χ1v) is 7.98. The minimum Gasteiger partial charge on any atom is -0.506 e. The zero-order valence-electron chi connectivity index (χ0n) is 12.5. The monoisotopic (exact) mass is 368 g/mol. The van der Waals surface area contributed by atoms with Gasteiger partial charge in [-0.05, 0) is 12.1 Å². The van der Waals surface area contributed by atoms with E-state index in [1.807, 2.05) is 0 Å². The van der Waals surface area contributed by atoms with Crippen molar-refractivity contribution in [3.05, 3.63) is 46.1 Å². The van der Waals surface area contributed by atoms with Crippen LogP contribution in [0.15, 0.2) is 30.5 Å². The van der Waals surface area contributed by atoms with Crippen molar-refractivity contribution in [1.29, 1.82) is 0 Å². The van der Waals surface area contributed by atoms with E-state index in [-0.39, 0.29) is 27.6 Å². The average Bonchev–Trinajstić information content (AvgIpc) is 3.06. The number of pyridine rings is 1. The number of hydrogen-bond donors (Lipinski definition) is 2. The Hall–Kier alpha value is -2.02. The number of aromatic nitrogens is 1. The minimum atomic E-state index is -0.432. The molecule has 1 saturated heterocycles. The Labute approximate surface area is 148 Å². The van der Waals surface area contributed by atoms with E-state index in [2.05, 4.69) is 10.3 Å². The van der Waals surface area contributed by atoms with Crippen LogP contribution in [-0.2, 0) is 4.74 Å². The van der Waals surface area contributed by atoms with Crippen LogP contribution in [0.4, 0.5) is 5.69 Å². The van der Waals surface area contributed by atoms with Gasteiger partial charge in [-0.2, -0.15) is 0 Å². The number of hydrogen-bond acceptors (Lipinski definition) is 5. The zero-order chi connectivity index (χ0) is 17.1. The van der Waals surface area contributed by atoms with Gasteiger partial charge in [0.15, 0.2) is 0 Å². The molecule has 1 aromatic carbocycles. The minimum absolute atomic E-state index is 0.0603. The summed E-state index contributed by atoms with van der Waals surface area (Å²) >= 11 is 11.7. The molecule has 0 aliphatic carbocycles. The van der Waals surface area contributed by atoms with Crippen molar-refractivity contribution in [2.24, 2.45) is 0 Å². The number of rotatable bonds is 4. The van der Waals surface area contributed by atoms with Crippen molar-refractivity contribution in [2.75, 3.05) is 18.5 Å². The first-order valence-electron chi connectivity index (χ1n) is 7.23. The van der Waals surface area contributed by atoms with Crippen molar-refractivity contribution in [3.8, 4) is 11.6 Å². The van der Waals surface area contributed by atoms with Crippen molar-refractivity contribution < 1.29 is 19.4 Å². The predicted octanol–water partition coefficient (Wildman–Crippen LogP) is 3.51. The molecule has 0 unspecified atom stereocenters.